The van der Waals surface area contributed by atoms with Crippen molar-refractivity contribution in [2.24, 2.45) is 11.7 Å². The van der Waals surface area contributed by atoms with Crippen LogP contribution in [0.3, 0.4) is 0 Å². The summed E-state index contributed by atoms with van der Waals surface area (Å²) in [4.78, 5) is 18.0. The summed E-state index contributed by atoms with van der Waals surface area (Å²) < 4.78 is 5.50. The first kappa shape index (κ1) is 18.6. The zero-order valence-electron chi connectivity index (χ0n) is 15.6. The van der Waals surface area contributed by atoms with Crippen LogP contribution in [0.4, 0.5) is 0 Å². The summed E-state index contributed by atoms with van der Waals surface area (Å²) in [7, 11) is 0. The Morgan fingerprint density at radius 3 is 2.93 bits per heavy atom. The lowest BCUT2D eigenvalue weighted by molar-refractivity contribution is 0.100. The number of nitrogens with zero attached hydrogens (tertiary/aromatic N) is 1. The first-order valence-corrected chi connectivity index (χ1v) is 10.7. The molecule has 1 amide bonds. The molecule has 1 aliphatic carbocycles. The molecule has 1 saturated carbocycles. The second kappa shape index (κ2) is 8.50. The Bertz CT molecular complexity index is 837. The van der Waals surface area contributed by atoms with Crippen LogP contribution in [0, 0.1) is 5.92 Å². The van der Waals surface area contributed by atoms with Gasteiger partial charge in [-0.15, -0.1) is 11.3 Å². The summed E-state index contributed by atoms with van der Waals surface area (Å²) in [6, 6.07) is 4.02. The maximum atomic E-state index is 12.0. The van der Waals surface area contributed by atoms with Gasteiger partial charge in [-0.3, -0.25) is 4.79 Å². The van der Waals surface area contributed by atoms with E-state index in [1.54, 1.807) is 6.20 Å². The number of ether oxygens (including phenoxy) is 1. The Hall–Kier alpha value is -1.76. The van der Waals surface area contributed by atoms with Gasteiger partial charge in [0.15, 0.2) is 0 Å². The maximum Gasteiger partial charge on any atom is 0.259 e. The van der Waals surface area contributed by atoms with E-state index in [0.29, 0.717) is 16.7 Å². The molecule has 3 N–H and O–H groups in total. The van der Waals surface area contributed by atoms with Crippen LogP contribution < -0.4 is 11.1 Å². The Kier molecular flexibility index (Phi) is 5.86. The normalized spacial score (nSPS) is 23.3. The molecule has 27 heavy (non-hydrogen) atoms. The van der Waals surface area contributed by atoms with Gasteiger partial charge in [-0.1, -0.05) is 12.1 Å². The zero-order valence-corrected chi connectivity index (χ0v) is 16.4. The minimum Gasteiger partial charge on any atom is -0.377 e. The van der Waals surface area contributed by atoms with E-state index in [4.69, 9.17) is 10.5 Å². The van der Waals surface area contributed by atoms with Crippen molar-refractivity contribution in [3.8, 4) is 0 Å². The van der Waals surface area contributed by atoms with Crippen LogP contribution in [0.5, 0.6) is 0 Å². The first-order chi connectivity index (χ1) is 13.2. The third-order valence-electron chi connectivity index (χ3n) is 5.75. The molecular formula is C21H27N3O2S. The van der Waals surface area contributed by atoms with Gasteiger partial charge in [0.2, 0.25) is 0 Å². The molecule has 0 unspecified atom stereocenters. The summed E-state index contributed by atoms with van der Waals surface area (Å²) in [5.74, 6) is 0.794. The van der Waals surface area contributed by atoms with E-state index in [9.17, 15) is 4.79 Å². The molecule has 3 heterocycles. The fourth-order valence-corrected chi connectivity index (χ4v) is 5.45. The van der Waals surface area contributed by atoms with Gasteiger partial charge in [0, 0.05) is 18.1 Å². The monoisotopic (exact) mass is 385 g/mol. The standard InChI is InChI=1S/C21H27N3O2S/c22-20(25)19-18(17-4-1-9-24-21(17)27-19)16-7-5-14(6-8-16)11-23-12-15-3-2-10-26-13-15/h1,3-4,9,14,16,23H,2,5-8,10-13H2,(H2,22,25). The summed E-state index contributed by atoms with van der Waals surface area (Å²) in [5, 5.41) is 4.72. The van der Waals surface area contributed by atoms with Gasteiger partial charge in [0.05, 0.1) is 18.1 Å². The molecule has 0 spiro atoms. The number of thiophene rings is 1. The second-order valence-corrected chi connectivity index (χ2v) is 8.62. The van der Waals surface area contributed by atoms with Gasteiger partial charge in [0.25, 0.3) is 5.91 Å². The van der Waals surface area contributed by atoms with Crippen molar-refractivity contribution in [1.82, 2.24) is 10.3 Å². The molecular weight excluding hydrogens is 358 g/mol. The lowest BCUT2D eigenvalue weighted by Crippen LogP contribution is -2.29. The largest absolute Gasteiger partial charge is 0.377 e. The Morgan fingerprint density at radius 1 is 1.33 bits per heavy atom. The molecule has 0 aromatic carbocycles. The Morgan fingerprint density at radius 2 is 2.19 bits per heavy atom. The number of primary amides is 1. The number of amides is 1. The fourth-order valence-electron chi connectivity index (χ4n) is 4.36. The number of aromatic nitrogens is 1. The highest BCUT2D eigenvalue weighted by molar-refractivity contribution is 7.20. The van der Waals surface area contributed by atoms with Crippen molar-refractivity contribution in [2.75, 3.05) is 26.3 Å². The quantitative estimate of drug-likeness (QED) is 0.745. The average molecular weight is 386 g/mol. The van der Waals surface area contributed by atoms with Crippen LogP contribution in [0.1, 0.15) is 53.3 Å². The van der Waals surface area contributed by atoms with Crippen LogP contribution in [0.2, 0.25) is 0 Å². The van der Waals surface area contributed by atoms with E-state index in [1.165, 1.54) is 29.8 Å². The fraction of sp³-hybridized carbons (Fsp3) is 0.524. The number of rotatable bonds is 6. The van der Waals surface area contributed by atoms with Crippen LogP contribution in [-0.2, 0) is 4.74 Å². The van der Waals surface area contributed by atoms with E-state index in [0.717, 1.165) is 61.3 Å². The minimum absolute atomic E-state index is 0.320. The van der Waals surface area contributed by atoms with Crippen LogP contribution in [0.15, 0.2) is 30.0 Å². The SMILES string of the molecule is NC(=O)c1sc2ncccc2c1C1CCC(CNCC2=CCCOC2)CC1. The van der Waals surface area contributed by atoms with Gasteiger partial charge < -0.3 is 15.8 Å². The number of hydrogen-bond acceptors (Lipinski definition) is 5. The van der Waals surface area contributed by atoms with Gasteiger partial charge in [0.1, 0.15) is 4.83 Å². The highest BCUT2D eigenvalue weighted by Gasteiger charge is 2.28. The van der Waals surface area contributed by atoms with E-state index in [2.05, 4.69) is 22.4 Å². The van der Waals surface area contributed by atoms with Crippen molar-refractivity contribution >= 4 is 27.5 Å². The lowest BCUT2D eigenvalue weighted by Gasteiger charge is -2.29. The lowest BCUT2D eigenvalue weighted by atomic mass is 9.78. The third kappa shape index (κ3) is 4.23. The predicted octanol–water partition coefficient (Wildman–Crippen LogP) is 3.61. The average Bonchev–Trinajstić information content (AvgIpc) is 3.09. The van der Waals surface area contributed by atoms with Crippen LogP contribution >= 0.6 is 11.3 Å². The zero-order chi connectivity index (χ0) is 18.6. The molecule has 2 aromatic heterocycles. The Balaban J connectivity index is 1.36. The predicted molar refractivity (Wildman–Crippen MR) is 109 cm³/mol. The number of hydrogen-bond donors (Lipinski definition) is 2. The van der Waals surface area contributed by atoms with Crippen molar-refractivity contribution in [1.29, 1.82) is 0 Å². The molecule has 1 aliphatic heterocycles. The third-order valence-corrected chi connectivity index (χ3v) is 6.90. The molecule has 5 nitrogen and oxygen atoms in total. The van der Waals surface area contributed by atoms with Gasteiger partial charge in [-0.2, -0.15) is 0 Å². The van der Waals surface area contributed by atoms with E-state index >= 15 is 0 Å². The number of carbonyl (C=O) groups excluding carboxylic acids is 1. The van der Waals surface area contributed by atoms with Gasteiger partial charge >= 0.3 is 0 Å². The molecule has 4 rings (SSSR count). The van der Waals surface area contributed by atoms with Crippen molar-refractivity contribution in [3.05, 3.63) is 40.4 Å². The van der Waals surface area contributed by atoms with Crippen molar-refractivity contribution < 1.29 is 9.53 Å². The van der Waals surface area contributed by atoms with Crippen LogP contribution in [0.25, 0.3) is 10.2 Å². The molecule has 0 radical (unpaired) electrons. The smallest absolute Gasteiger partial charge is 0.259 e. The molecule has 2 aliphatic rings. The summed E-state index contributed by atoms with van der Waals surface area (Å²) in [5.41, 5.74) is 8.19. The molecule has 0 atom stereocenters. The number of carbonyl (C=O) groups is 1. The molecule has 0 saturated heterocycles. The van der Waals surface area contributed by atoms with Gasteiger partial charge in [-0.05, 0) is 67.7 Å². The van der Waals surface area contributed by atoms with Crippen molar-refractivity contribution in [3.63, 3.8) is 0 Å². The topological polar surface area (TPSA) is 77.2 Å². The number of fused-ring (bicyclic) bond motifs is 1. The van der Waals surface area contributed by atoms with Crippen molar-refractivity contribution in [2.45, 2.75) is 38.0 Å². The first-order valence-electron chi connectivity index (χ1n) is 9.86. The molecule has 0 bridgehead atoms. The number of nitrogens with two attached hydrogens (primary N) is 1. The highest BCUT2D eigenvalue weighted by atomic mass is 32.1. The highest BCUT2D eigenvalue weighted by Crippen LogP contribution is 2.42. The van der Waals surface area contributed by atoms with E-state index in [1.807, 2.05) is 6.07 Å². The Labute approximate surface area is 164 Å². The molecule has 1 fully saturated rings. The number of pyridine rings is 1. The summed E-state index contributed by atoms with van der Waals surface area (Å²) in [6.07, 6.45) is 9.70. The summed E-state index contributed by atoms with van der Waals surface area (Å²) in [6.45, 7) is 3.62. The molecule has 2 aromatic rings. The maximum absolute atomic E-state index is 12.0. The van der Waals surface area contributed by atoms with Gasteiger partial charge in [-0.25, -0.2) is 4.98 Å². The van der Waals surface area contributed by atoms with Crippen LogP contribution in [-0.4, -0.2) is 37.2 Å². The van der Waals surface area contributed by atoms with E-state index < -0.39 is 0 Å². The number of nitrogens with one attached hydrogen (secondary N) is 1. The minimum atomic E-state index is -0.320. The van der Waals surface area contributed by atoms with E-state index in [-0.39, 0.29) is 5.91 Å². The second-order valence-electron chi connectivity index (χ2n) is 7.62. The molecule has 144 valence electrons. The summed E-state index contributed by atoms with van der Waals surface area (Å²) >= 11 is 1.44. The molecule has 6 heteroatoms.